The number of aromatic nitrogens is 3. The molecule has 24 heavy (non-hydrogen) atoms. The van der Waals surface area contributed by atoms with Crippen molar-refractivity contribution in [2.45, 2.75) is 12.5 Å². The van der Waals surface area contributed by atoms with E-state index in [1.165, 1.54) is 0 Å². The molecule has 1 N–H and O–H groups in total. The molecule has 0 radical (unpaired) electrons. The monoisotopic (exact) mass is 337 g/mol. The number of aliphatic hydroxyl groups excluding tert-OH is 1. The molecule has 120 valence electrons. The van der Waals surface area contributed by atoms with Gasteiger partial charge in [-0.2, -0.15) is 10.1 Å². The maximum absolute atomic E-state index is 9.85. The molecule has 0 aliphatic heterocycles. The zero-order valence-electron chi connectivity index (χ0n) is 12.8. The second-order valence-electron chi connectivity index (χ2n) is 4.89. The number of hydrogen-bond acceptors (Lipinski definition) is 6. The van der Waals surface area contributed by atoms with E-state index in [-0.39, 0.29) is 12.6 Å². The Morgan fingerprint density at radius 1 is 1.17 bits per heavy atom. The van der Waals surface area contributed by atoms with Crippen molar-refractivity contribution < 1.29 is 9.84 Å². The summed E-state index contributed by atoms with van der Waals surface area (Å²) >= 11 is 1.54. The first kappa shape index (κ1) is 16.1. The number of hydrogen-bond donors (Lipinski definition) is 1. The fourth-order valence-corrected chi connectivity index (χ4v) is 2.51. The van der Waals surface area contributed by atoms with E-state index in [0.717, 1.165) is 10.4 Å². The van der Waals surface area contributed by atoms with Crippen LogP contribution in [0.4, 0.5) is 0 Å². The molecule has 3 aromatic rings. The topological polar surface area (TPSA) is 68.1 Å². The molecule has 0 aliphatic rings. The summed E-state index contributed by atoms with van der Waals surface area (Å²) in [5, 5.41) is 19.6. The van der Waals surface area contributed by atoms with Gasteiger partial charge in [0.2, 0.25) is 0 Å². The lowest BCUT2D eigenvalue weighted by Gasteiger charge is -2.06. The summed E-state index contributed by atoms with van der Waals surface area (Å²) in [6.45, 7) is 0.264. The van der Waals surface area contributed by atoms with Gasteiger partial charge in [0, 0.05) is 12.0 Å². The number of aliphatic hydroxyl groups is 1. The van der Waals surface area contributed by atoms with Crippen LogP contribution < -0.4 is 4.74 Å². The summed E-state index contributed by atoms with van der Waals surface area (Å²) in [4.78, 5) is 5.24. The average Bonchev–Trinajstić information content (AvgIpc) is 3.15. The van der Waals surface area contributed by atoms with Gasteiger partial charge in [-0.3, -0.25) is 0 Å². The van der Waals surface area contributed by atoms with E-state index in [1.807, 2.05) is 47.8 Å². The highest BCUT2D eigenvalue weighted by atomic mass is 32.1. The van der Waals surface area contributed by atoms with Crippen molar-refractivity contribution in [3.63, 3.8) is 0 Å². The molecule has 2 aromatic heterocycles. The van der Waals surface area contributed by atoms with Gasteiger partial charge in [-0.05, 0) is 11.4 Å². The van der Waals surface area contributed by atoms with Gasteiger partial charge in [0.1, 0.15) is 6.10 Å². The highest BCUT2D eigenvalue weighted by Gasteiger charge is 2.05. The van der Waals surface area contributed by atoms with E-state index >= 15 is 0 Å². The Hall–Kier alpha value is -2.75. The van der Waals surface area contributed by atoms with E-state index in [9.17, 15) is 5.11 Å². The maximum atomic E-state index is 9.85. The number of rotatable bonds is 5. The first-order valence-electron chi connectivity index (χ1n) is 7.42. The Morgan fingerprint density at radius 2 is 2.04 bits per heavy atom. The number of ether oxygens (including phenoxy) is 1. The molecule has 3 rings (SSSR count). The Bertz CT molecular complexity index is 826. The van der Waals surface area contributed by atoms with Crippen LogP contribution in [0.1, 0.15) is 11.3 Å². The first-order valence-corrected chi connectivity index (χ1v) is 8.30. The molecule has 1 unspecified atom stereocenters. The van der Waals surface area contributed by atoms with Gasteiger partial charge in [-0.15, -0.1) is 11.3 Å². The van der Waals surface area contributed by atoms with Crippen molar-refractivity contribution in [1.29, 1.82) is 0 Å². The summed E-state index contributed by atoms with van der Waals surface area (Å²) in [6, 6.07) is 13.7. The second-order valence-corrected chi connectivity index (χ2v) is 5.84. The third-order valence-electron chi connectivity index (χ3n) is 3.11. The van der Waals surface area contributed by atoms with Crippen molar-refractivity contribution in [2.24, 2.45) is 0 Å². The van der Waals surface area contributed by atoms with Crippen LogP contribution in [0.3, 0.4) is 0 Å². The van der Waals surface area contributed by atoms with Gasteiger partial charge in [0.05, 0.1) is 23.4 Å². The minimum atomic E-state index is -0.752. The predicted octanol–water partition coefficient (Wildman–Crippen LogP) is 2.78. The summed E-state index contributed by atoms with van der Waals surface area (Å²) in [5.74, 6) is 5.71. The zero-order chi connectivity index (χ0) is 16.6. The summed E-state index contributed by atoms with van der Waals surface area (Å²) < 4.78 is 5.47. The highest BCUT2D eigenvalue weighted by molar-refractivity contribution is 7.10. The molecule has 0 aliphatic carbocycles. The molecule has 1 aromatic carbocycles. The lowest BCUT2D eigenvalue weighted by atomic mass is 10.2. The van der Waals surface area contributed by atoms with Gasteiger partial charge >= 0.3 is 6.01 Å². The van der Waals surface area contributed by atoms with E-state index in [0.29, 0.717) is 12.1 Å². The standard InChI is InChI=1S/C18H15N3O2S/c22-15(8-9-16-7-4-12-24-16)10-11-23-18-20-17(13-19-21-18)14-5-2-1-3-6-14/h1-7,12-13,15,22H,10-11H2. The van der Waals surface area contributed by atoms with Crippen LogP contribution >= 0.6 is 11.3 Å². The van der Waals surface area contributed by atoms with Crippen LogP contribution in [-0.2, 0) is 0 Å². The van der Waals surface area contributed by atoms with E-state index in [1.54, 1.807) is 17.5 Å². The Balaban J connectivity index is 1.53. The van der Waals surface area contributed by atoms with Crippen LogP contribution in [0, 0.1) is 11.8 Å². The quantitative estimate of drug-likeness (QED) is 0.725. The van der Waals surface area contributed by atoms with Crippen LogP contribution in [0.25, 0.3) is 11.3 Å². The molecular weight excluding hydrogens is 322 g/mol. The first-order chi connectivity index (χ1) is 11.8. The van der Waals surface area contributed by atoms with Crippen LogP contribution in [0.5, 0.6) is 6.01 Å². The molecule has 2 heterocycles. The van der Waals surface area contributed by atoms with Gasteiger partial charge < -0.3 is 9.84 Å². The Morgan fingerprint density at radius 3 is 2.83 bits per heavy atom. The summed E-state index contributed by atoms with van der Waals surface area (Å²) in [5.41, 5.74) is 1.64. The number of benzene rings is 1. The highest BCUT2D eigenvalue weighted by Crippen LogP contribution is 2.16. The predicted molar refractivity (Wildman–Crippen MR) is 92.6 cm³/mol. The summed E-state index contributed by atoms with van der Waals surface area (Å²) in [7, 11) is 0. The fourth-order valence-electron chi connectivity index (χ4n) is 1.93. The van der Waals surface area contributed by atoms with Crippen molar-refractivity contribution in [1.82, 2.24) is 15.2 Å². The second kappa shape index (κ2) is 8.20. The van der Waals surface area contributed by atoms with Crippen molar-refractivity contribution in [2.75, 3.05) is 6.61 Å². The maximum Gasteiger partial charge on any atom is 0.336 e. The molecule has 0 saturated heterocycles. The minimum Gasteiger partial charge on any atom is -0.462 e. The van der Waals surface area contributed by atoms with Crippen LogP contribution in [-0.4, -0.2) is 33.0 Å². The van der Waals surface area contributed by atoms with Crippen LogP contribution in [0.2, 0.25) is 0 Å². The van der Waals surface area contributed by atoms with Gasteiger partial charge in [-0.25, -0.2) is 0 Å². The number of nitrogens with zero attached hydrogens (tertiary/aromatic N) is 3. The van der Waals surface area contributed by atoms with Crippen molar-refractivity contribution >= 4 is 11.3 Å². The minimum absolute atomic E-state index is 0.190. The van der Waals surface area contributed by atoms with E-state index < -0.39 is 6.10 Å². The molecule has 0 saturated carbocycles. The zero-order valence-corrected chi connectivity index (χ0v) is 13.6. The lowest BCUT2D eigenvalue weighted by molar-refractivity contribution is 0.179. The molecule has 0 fully saturated rings. The molecule has 6 heteroatoms. The van der Waals surface area contributed by atoms with Crippen molar-refractivity contribution in [3.8, 4) is 29.1 Å². The van der Waals surface area contributed by atoms with Gasteiger partial charge in [0.15, 0.2) is 0 Å². The lowest BCUT2D eigenvalue weighted by Crippen LogP contribution is -2.11. The number of thiophene rings is 1. The fraction of sp³-hybridized carbons (Fsp3) is 0.167. The van der Waals surface area contributed by atoms with E-state index in [2.05, 4.69) is 27.0 Å². The van der Waals surface area contributed by atoms with Crippen molar-refractivity contribution in [3.05, 3.63) is 58.9 Å². The SMILES string of the molecule is OC(C#Cc1cccs1)CCOc1nncc(-c2ccccc2)n1. The Kier molecular flexibility index (Phi) is 5.51. The molecule has 0 amide bonds. The molecule has 5 nitrogen and oxygen atoms in total. The third kappa shape index (κ3) is 4.62. The molecule has 0 spiro atoms. The third-order valence-corrected chi connectivity index (χ3v) is 3.90. The van der Waals surface area contributed by atoms with E-state index in [4.69, 9.17) is 4.74 Å². The smallest absolute Gasteiger partial charge is 0.336 e. The molecular formula is C18H15N3O2S. The Labute approximate surface area is 144 Å². The molecule has 1 atom stereocenters. The van der Waals surface area contributed by atoms with Gasteiger partial charge in [0.25, 0.3) is 0 Å². The van der Waals surface area contributed by atoms with Crippen LogP contribution in [0.15, 0.2) is 54.0 Å². The normalized spacial score (nSPS) is 11.4. The molecule has 0 bridgehead atoms. The summed E-state index contributed by atoms with van der Waals surface area (Å²) in [6.07, 6.45) is 1.21. The largest absolute Gasteiger partial charge is 0.462 e. The average molecular weight is 337 g/mol. The van der Waals surface area contributed by atoms with Gasteiger partial charge in [-0.1, -0.05) is 53.3 Å².